The van der Waals surface area contributed by atoms with Crippen molar-refractivity contribution in [3.8, 4) is 0 Å². The molecule has 0 atom stereocenters. The van der Waals surface area contributed by atoms with Crippen molar-refractivity contribution in [1.29, 1.82) is 0 Å². The van der Waals surface area contributed by atoms with Gasteiger partial charge in [-0.1, -0.05) is 25.7 Å². The summed E-state index contributed by atoms with van der Waals surface area (Å²) in [5.74, 6) is -0.671. The number of nitrogens with two attached hydrogens (primary N) is 1. The highest BCUT2D eigenvalue weighted by Gasteiger charge is 2.30. The fraction of sp³-hybridized carbons (Fsp3) is 0.917. The average Bonchev–Trinajstić information content (AvgIpc) is 2.42. The zero-order valence-electron chi connectivity index (χ0n) is 9.50. The molecule has 3 nitrogen and oxygen atoms in total. The van der Waals surface area contributed by atoms with Crippen LogP contribution in [0.1, 0.15) is 57.8 Å². The van der Waals surface area contributed by atoms with E-state index in [1.165, 1.54) is 38.5 Å². The maximum atomic E-state index is 10.6. The molecule has 1 rings (SSSR count). The van der Waals surface area contributed by atoms with Crippen molar-refractivity contribution in [2.75, 3.05) is 6.54 Å². The molecule has 15 heavy (non-hydrogen) atoms. The molecule has 1 aliphatic carbocycles. The lowest BCUT2D eigenvalue weighted by molar-refractivity contribution is -0.137. The Labute approximate surface area is 92.0 Å². The van der Waals surface area contributed by atoms with Crippen molar-refractivity contribution < 1.29 is 9.90 Å². The van der Waals surface area contributed by atoms with Gasteiger partial charge in [0.2, 0.25) is 0 Å². The van der Waals surface area contributed by atoms with Gasteiger partial charge in [-0.3, -0.25) is 4.79 Å². The fourth-order valence-electron chi connectivity index (χ4n) is 2.78. The topological polar surface area (TPSA) is 63.3 Å². The highest BCUT2D eigenvalue weighted by molar-refractivity contribution is 5.66. The molecular weight excluding hydrogens is 190 g/mol. The number of hydrogen-bond donors (Lipinski definition) is 2. The van der Waals surface area contributed by atoms with E-state index in [1.807, 2.05) is 0 Å². The lowest BCUT2D eigenvalue weighted by Crippen LogP contribution is -2.25. The minimum atomic E-state index is -0.671. The summed E-state index contributed by atoms with van der Waals surface area (Å²) in [6.45, 7) is 0.694. The van der Waals surface area contributed by atoms with Crippen LogP contribution in [0.5, 0.6) is 0 Å². The largest absolute Gasteiger partial charge is 0.481 e. The van der Waals surface area contributed by atoms with Gasteiger partial charge in [-0.2, -0.15) is 0 Å². The van der Waals surface area contributed by atoms with Crippen LogP contribution in [0.15, 0.2) is 0 Å². The van der Waals surface area contributed by atoms with Crippen LogP contribution in [-0.2, 0) is 4.79 Å². The van der Waals surface area contributed by atoms with Crippen LogP contribution in [0.3, 0.4) is 0 Å². The smallest absolute Gasteiger partial charge is 0.303 e. The van der Waals surface area contributed by atoms with Gasteiger partial charge < -0.3 is 10.8 Å². The molecule has 0 radical (unpaired) electrons. The normalized spacial score (nSPS) is 20.9. The number of carbonyl (C=O) groups is 1. The van der Waals surface area contributed by atoms with Crippen LogP contribution >= 0.6 is 0 Å². The molecule has 0 aromatic rings. The number of carboxylic acids is 1. The van der Waals surface area contributed by atoms with Gasteiger partial charge in [0.25, 0.3) is 0 Å². The predicted molar refractivity (Wildman–Crippen MR) is 60.7 cm³/mol. The van der Waals surface area contributed by atoms with Crippen molar-refractivity contribution in [1.82, 2.24) is 0 Å². The molecule has 0 aliphatic heterocycles. The van der Waals surface area contributed by atoms with E-state index in [4.69, 9.17) is 10.8 Å². The van der Waals surface area contributed by atoms with Gasteiger partial charge in [0, 0.05) is 6.42 Å². The van der Waals surface area contributed by atoms with Gasteiger partial charge in [-0.05, 0) is 37.6 Å². The first-order valence-electron chi connectivity index (χ1n) is 6.10. The highest BCUT2D eigenvalue weighted by atomic mass is 16.4. The number of aliphatic carboxylic acids is 1. The van der Waals surface area contributed by atoms with Gasteiger partial charge in [0.1, 0.15) is 0 Å². The Hall–Kier alpha value is -0.570. The van der Waals surface area contributed by atoms with E-state index < -0.39 is 5.97 Å². The number of rotatable bonds is 5. The molecule has 0 amide bonds. The molecule has 0 spiro atoms. The van der Waals surface area contributed by atoms with E-state index in [0.29, 0.717) is 13.0 Å². The summed E-state index contributed by atoms with van der Waals surface area (Å²) in [7, 11) is 0. The SMILES string of the molecule is NCCC1(CCC(=O)O)CCCCCC1. The summed E-state index contributed by atoms with van der Waals surface area (Å²) in [6.07, 6.45) is 9.59. The zero-order valence-corrected chi connectivity index (χ0v) is 9.50. The fourth-order valence-corrected chi connectivity index (χ4v) is 2.78. The molecule has 1 saturated carbocycles. The molecule has 0 aromatic carbocycles. The van der Waals surface area contributed by atoms with Crippen molar-refractivity contribution in [3.05, 3.63) is 0 Å². The van der Waals surface area contributed by atoms with E-state index >= 15 is 0 Å². The Morgan fingerprint density at radius 2 is 1.73 bits per heavy atom. The standard InChI is InChI=1S/C12H23NO2/c13-10-9-12(8-5-11(14)15)6-3-1-2-4-7-12/h1-10,13H2,(H,14,15). The van der Waals surface area contributed by atoms with Crippen LogP contribution < -0.4 is 5.73 Å². The van der Waals surface area contributed by atoms with E-state index in [0.717, 1.165) is 12.8 Å². The van der Waals surface area contributed by atoms with Crippen LogP contribution in [-0.4, -0.2) is 17.6 Å². The van der Waals surface area contributed by atoms with Gasteiger partial charge in [0.05, 0.1) is 0 Å². The lowest BCUT2D eigenvalue weighted by Gasteiger charge is -2.32. The van der Waals surface area contributed by atoms with Crippen molar-refractivity contribution in [3.63, 3.8) is 0 Å². The molecule has 0 bridgehead atoms. The molecule has 3 heteroatoms. The van der Waals surface area contributed by atoms with Crippen molar-refractivity contribution >= 4 is 5.97 Å². The third-order valence-electron chi connectivity index (χ3n) is 3.71. The second-order valence-corrected chi connectivity index (χ2v) is 4.85. The van der Waals surface area contributed by atoms with Crippen LogP contribution in [0.25, 0.3) is 0 Å². The third kappa shape index (κ3) is 4.20. The Morgan fingerprint density at radius 1 is 1.13 bits per heavy atom. The molecule has 3 N–H and O–H groups in total. The maximum absolute atomic E-state index is 10.6. The van der Waals surface area contributed by atoms with Gasteiger partial charge in [0.15, 0.2) is 0 Å². The highest BCUT2D eigenvalue weighted by Crippen LogP contribution is 2.41. The Bertz CT molecular complexity index is 196. The Kier molecular flexibility index (Phi) is 5.09. The zero-order chi connectivity index (χ0) is 11.1. The van der Waals surface area contributed by atoms with E-state index in [2.05, 4.69) is 0 Å². The van der Waals surface area contributed by atoms with E-state index in [9.17, 15) is 4.79 Å². The molecular formula is C12H23NO2. The first-order valence-corrected chi connectivity index (χ1v) is 6.10. The molecule has 0 saturated heterocycles. The minimum absolute atomic E-state index is 0.240. The second kappa shape index (κ2) is 6.11. The summed E-state index contributed by atoms with van der Waals surface area (Å²) in [5.41, 5.74) is 5.89. The summed E-state index contributed by atoms with van der Waals surface area (Å²) < 4.78 is 0. The second-order valence-electron chi connectivity index (χ2n) is 4.85. The molecule has 0 heterocycles. The third-order valence-corrected chi connectivity index (χ3v) is 3.71. The molecule has 0 unspecified atom stereocenters. The molecule has 1 aliphatic rings. The lowest BCUT2D eigenvalue weighted by atomic mass is 9.74. The summed E-state index contributed by atoms with van der Waals surface area (Å²) >= 11 is 0. The van der Waals surface area contributed by atoms with Gasteiger partial charge in [-0.25, -0.2) is 0 Å². The van der Waals surface area contributed by atoms with Crippen LogP contribution in [0.2, 0.25) is 0 Å². The predicted octanol–water partition coefficient (Wildman–Crippen LogP) is 2.54. The van der Waals surface area contributed by atoms with E-state index in [-0.39, 0.29) is 5.41 Å². The van der Waals surface area contributed by atoms with E-state index in [1.54, 1.807) is 0 Å². The summed E-state index contributed by atoms with van der Waals surface area (Å²) in [4.78, 5) is 10.6. The van der Waals surface area contributed by atoms with Crippen LogP contribution in [0, 0.1) is 5.41 Å². The first-order chi connectivity index (χ1) is 7.18. The first kappa shape index (κ1) is 12.5. The van der Waals surface area contributed by atoms with Crippen molar-refractivity contribution in [2.24, 2.45) is 11.1 Å². The monoisotopic (exact) mass is 213 g/mol. The van der Waals surface area contributed by atoms with Crippen molar-refractivity contribution in [2.45, 2.75) is 57.8 Å². The molecule has 88 valence electrons. The summed E-state index contributed by atoms with van der Waals surface area (Å²) in [6, 6.07) is 0. The Balaban J connectivity index is 2.53. The average molecular weight is 213 g/mol. The van der Waals surface area contributed by atoms with Gasteiger partial charge in [-0.15, -0.1) is 0 Å². The quantitative estimate of drug-likeness (QED) is 0.690. The number of carboxylic acid groups (broad SMARTS) is 1. The van der Waals surface area contributed by atoms with Gasteiger partial charge >= 0.3 is 5.97 Å². The Morgan fingerprint density at radius 3 is 2.20 bits per heavy atom. The summed E-state index contributed by atoms with van der Waals surface area (Å²) in [5, 5.41) is 8.77. The maximum Gasteiger partial charge on any atom is 0.303 e. The molecule has 0 aromatic heterocycles. The number of hydrogen-bond acceptors (Lipinski definition) is 2. The molecule has 1 fully saturated rings. The van der Waals surface area contributed by atoms with Crippen LogP contribution in [0.4, 0.5) is 0 Å². The minimum Gasteiger partial charge on any atom is -0.481 e.